The number of ether oxygens (including phenoxy) is 3. The summed E-state index contributed by atoms with van der Waals surface area (Å²) < 4.78 is 67.8. The van der Waals surface area contributed by atoms with Gasteiger partial charge in [0.1, 0.15) is 25.0 Å². The van der Waals surface area contributed by atoms with Crippen molar-refractivity contribution in [1.29, 1.82) is 0 Å². The molecule has 51 heavy (non-hydrogen) atoms. The lowest BCUT2D eigenvalue weighted by Crippen LogP contribution is -2.49. The van der Waals surface area contributed by atoms with E-state index < -0.39 is 54.6 Å². The van der Waals surface area contributed by atoms with Gasteiger partial charge in [-0.15, -0.1) is 0 Å². The first kappa shape index (κ1) is 37.1. The number of morpholine rings is 1. The van der Waals surface area contributed by atoms with Crippen molar-refractivity contribution in [3.8, 4) is 0 Å². The van der Waals surface area contributed by atoms with E-state index in [9.17, 15) is 27.6 Å². The number of benzene rings is 4. The number of rotatable bonds is 12. The largest absolute Gasteiger partial charge is 0.453 e. The topological polar surface area (TPSA) is 127 Å². The maximum absolute atomic E-state index is 15.3. The molecule has 0 unspecified atom stereocenters. The summed E-state index contributed by atoms with van der Waals surface area (Å²) in [5.74, 6) is -1.78. The highest BCUT2D eigenvalue weighted by molar-refractivity contribution is 5.98. The normalized spacial score (nSPS) is 17.2. The highest BCUT2D eigenvalue weighted by atomic mass is 19.4. The van der Waals surface area contributed by atoms with Crippen LogP contribution in [0.3, 0.4) is 0 Å². The molecule has 4 atom stereocenters. The van der Waals surface area contributed by atoms with Gasteiger partial charge in [0.25, 0.3) is 0 Å². The molecule has 0 saturated carbocycles. The van der Waals surface area contributed by atoms with Gasteiger partial charge >= 0.3 is 18.4 Å². The third kappa shape index (κ3) is 10.4. The van der Waals surface area contributed by atoms with Crippen LogP contribution in [0.25, 0.3) is 10.8 Å². The van der Waals surface area contributed by atoms with E-state index in [1.165, 1.54) is 19.2 Å². The second-order valence-corrected chi connectivity index (χ2v) is 12.0. The fourth-order valence-electron chi connectivity index (χ4n) is 5.93. The minimum Gasteiger partial charge on any atom is -0.453 e. The van der Waals surface area contributed by atoms with Gasteiger partial charge in [-0.1, -0.05) is 78.9 Å². The van der Waals surface area contributed by atoms with E-state index >= 15 is 4.39 Å². The van der Waals surface area contributed by atoms with Crippen molar-refractivity contribution in [1.82, 2.24) is 16.0 Å². The van der Waals surface area contributed by atoms with Gasteiger partial charge in [0.05, 0.1) is 25.9 Å². The Bertz CT molecular complexity index is 1800. The second kappa shape index (κ2) is 17.1. The number of amides is 3. The number of hydrogen-bond donors (Lipinski definition) is 4. The first-order valence-electron chi connectivity index (χ1n) is 16.3. The van der Waals surface area contributed by atoms with E-state index in [0.717, 1.165) is 21.9 Å². The monoisotopic (exact) mass is 710 g/mol. The third-order valence-corrected chi connectivity index (χ3v) is 8.48. The van der Waals surface area contributed by atoms with Gasteiger partial charge in [-0.05, 0) is 46.9 Å². The maximum Gasteiger partial charge on any atom is 0.407 e. The van der Waals surface area contributed by atoms with E-state index in [2.05, 4.69) is 16.0 Å². The second-order valence-electron chi connectivity index (χ2n) is 12.0. The van der Waals surface area contributed by atoms with Crippen molar-refractivity contribution in [3.63, 3.8) is 0 Å². The molecule has 5 rings (SSSR count). The minimum atomic E-state index is -4.55. The first-order valence-corrected chi connectivity index (χ1v) is 16.3. The Hall–Kier alpha value is -5.21. The lowest BCUT2D eigenvalue weighted by molar-refractivity contribution is -0.124. The summed E-state index contributed by atoms with van der Waals surface area (Å²) in [4.78, 5) is 38.4. The summed E-state index contributed by atoms with van der Waals surface area (Å²) in [5.41, 5.74) is 1.99. The number of alkyl carbamates (subject to hydrolysis) is 2. The number of anilines is 1. The Kier molecular flexibility index (Phi) is 12.5. The first-order chi connectivity index (χ1) is 24.5. The molecule has 1 aliphatic rings. The number of fused-ring (bicyclic) bond motifs is 1. The third-order valence-electron chi connectivity index (χ3n) is 8.48. The van der Waals surface area contributed by atoms with Gasteiger partial charge in [0.2, 0.25) is 5.91 Å². The van der Waals surface area contributed by atoms with Crippen molar-refractivity contribution in [3.05, 3.63) is 114 Å². The molecule has 14 heteroatoms. The van der Waals surface area contributed by atoms with Crippen LogP contribution in [0, 0.1) is 5.82 Å². The number of methoxy groups -OCH3 is 1. The molecule has 1 fully saturated rings. The highest BCUT2D eigenvalue weighted by Gasteiger charge is 2.34. The van der Waals surface area contributed by atoms with Crippen LogP contribution in [0.15, 0.2) is 91.0 Å². The van der Waals surface area contributed by atoms with Crippen molar-refractivity contribution in [2.24, 2.45) is 0 Å². The van der Waals surface area contributed by atoms with Gasteiger partial charge in [-0.25, -0.2) is 14.0 Å². The van der Waals surface area contributed by atoms with E-state index in [1.54, 1.807) is 11.4 Å². The van der Waals surface area contributed by atoms with Crippen molar-refractivity contribution < 1.29 is 46.2 Å². The Labute approximate surface area is 291 Å². The molecule has 1 heterocycles. The lowest BCUT2D eigenvalue weighted by atomic mass is 9.83. The van der Waals surface area contributed by atoms with Crippen LogP contribution in [0.5, 0.6) is 0 Å². The lowest BCUT2D eigenvalue weighted by Gasteiger charge is -2.30. The Morgan fingerprint density at radius 2 is 1.67 bits per heavy atom. The molecular weight excluding hydrogens is 672 g/mol. The molecular formula is C37H38F4N4O6. The van der Waals surface area contributed by atoms with Crippen molar-refractivity contribution >= 4 is 34.6 Å². The summed E-state index contributed by atoms with van der Waals surface area (Å²) in [7, 11) is 1.20. The van der Waals surface area contributed by atoms with Crippen LogP contribution in [-0.4, -0.2) is 75.9 Å². The van der Waals surface area contributed by atoms with Gasteiger partial charge in [-0.3, -0.25) is 4.79 Å². The molecule has 10 nitrogen and oxygen atoms in total. The zero-order valence-corrected chi connectivity index (χ0v) is 27.7. The zero-order valence-electron chi connectivity index (χ0n) is 27.7. The SMILES string of the molecule is COC(=O)N[C@H](C(=O)Nc1cccc(F)c1CC[C@@H]1CN[C@H](COC(=O)NCC(F)(F)F)CO1)[C@H](c1ccccc1)c1ccc2ccccc2c1. The van der Waals surface area contributed by atoms with Crippen LogP contribution < -0.4 is 21.3 Å². The number of carbonyl (C=O) groups excluding carboxylic acids is 3. The molecule has 0 aromatic heterocycles. The predicted molar refractivity (Wildman–Crippen MR) is 182 cm³/mol. The van der Waals surface area contributed by atoms with Crippen LogP contribution >= 0.6 is 0 Å². The predicted octanol–water partition coefficient (Wildman–Crippen LogP) is 6.05. The molecule has 0 aliphatic carbocycles. The maximum atomic E-state index is 15.3. The molecule has 0 radical (unpaired) electrons. The van der Waals surface area contributed by atoms with Gasteiger partial charge in [0.15, 0.2) is 0 Å². The summed E-state index contributed by atoms with van der Waals surface area (Å²) in [6.07, 6.45) is -6.40. The fraction of sp³-hybridized carbons (Fsp3) is 0.324. The van der Waals surface area contributed by atoms with Crippen LogP contribution in [0.4, 0.5) is 32.8 Å². The number of halogens is 4. The molecule has 1 aliphatic heterocycles. The van der Waals surface area contributed by atoms with E-state index in [0.29, 0.717) is 13.0 Å². The smallest absolute Gasteiger partial charge is 0.407 e. The van der Waals surface area contributed by atoms with Crippen LogP contribution in [0.2, 0.25) is 0 Å². The zero-order chi connectivity index (χ0) is 36.4. The summed E-state index contributed by atoms with van der Waals surface area (Å²) in [6.45, 7) is -1.29. The fourth-order valence-corrected chi connectivity index (χ4v) is 5.93. The molecule has 0 bridgehead atoms. The molecule has 4 N–H and O–H groups in total. The van der Waals surface area contributed by atoms with Crippen molar-refractivity contribution in [2.45, 2.75) is 43.1 Å². The molecule has 1 saturated heterocycles. The summed E-state index contributed by atoms with van der Waals surface area (Å²) in [5, 5.41) is 12.3. The van der Waals surface area contributed by atoms with E-state index in [-0.39, 0.29) is 37.0 Å². The Morgan fingerprint density at radius 1 is 0.922 bits per heavy atom. The quantitative estimate of drug-likeness (QED) is 0.132. The Balaban J connectivity index is 1.28. The summed E-state index contributed by atoms with van der Waals surface area (Å²) in [6, 6.07) is 25.6. The highest BCUT2D eigenvalue weighted by Crippen LogP contribution is 2.32. The van der Waals surface area contributed by atoms with Crippen LogP contribution in [0.1, 0.15) is 29.0 Å². The summed E-state index contributed by atoms with van der Waals surface area (Å²) >= 11 is 0. The Morgan fingerprint density at radius 3 is 2.37 bits per heavy atom. The molecule has 270 valence electrons. The molecule has 3 amide bonds. The molecule has 4 aromatic rings. The van der Waals surface area contributed by atoms with Crippen LogP contribution in [-0.2, 0) is 25.4 Å². The van der Waals surface area contributed by atoms with Gasteiger partial charge in [0, 0.05) is 23.7 Å². The van der Waals surface area contributed by atoms with Gasteiger partial charge < -0.3 is 35.5 Å². The molecule has 0 spiro atoms. The molecule has 4 aromatic carbocycles. The van der Waals surface area contributed by atoms with Gasteiger partial charge in [-0.2, -0.15) is 13.2 Å². The average Bonchev–Trinajstić information content (AvgIpc) is 3.13. The average molecular weight is 711 g/mol. The number of alkyl halides is 3. The number of nitrogens with one attached hydrogen (secondary N) is 4. The van der Waals surface area contributed by atoms with E-state index in [4.69, 9.17) is 14.2 Å². The standard InChI is InChI=1S/C37H38F4N4O6/c1-49-36(48)45-33(32(24-9-3-2-4-10-24)26-15-14-23-8-5-6-11-25(23)18-26)34(46)44-31-13-7-12-30(38)29(31)17-16-28-19-42-27(20-50-28)21-51-35(47)43-22-37(39,40)41/h2-15,18,27-28,32-33,42H,16-17,19-22H2,1H3,(H,43,47)(H,44,46)(H,45,48)/t27-,28+,32+,33-/m0/s1. The van der Waals surface area contributed by atoms with Crippen molar-refractivity contribution in [2.75, 3.05) is 38.7 Å². The number of carbonyl (C=O) groups is 3. The van der Waals surface area contributed by atoms with E-state index in [1.807, 2.05) is 72.8 Å². The minimum absolute atomic E-state index is 0.106. The number of hydrogen-bond acceptors (Lipinski definition) is 7.